The summed E-state index contributed by atoms with van der Waals surface area (Å²) in [6, 6.07) is 4.68. The number of halogens is 1. The molecule has 1 unspecified atom stereocenters. The van der Waals surface area contributed by atoms with Crippen LogP contribution in [0.3, 0.4) is 0 Å². The third-order valence-electron chi connectivity index (χ3n) is 1.71. The number of carbonyl (C=O) groups is 1. The summed E-state index contributed by atoms with van der Waals surface area (Å²) in [7, 11) is 0. The van der Waals surface area contributed by atoms with Crippen molar-refractivity contribution in [3.8, 4) is 18.1 Å². The van der Waals surface area contributed by atoms with Gasteiger partial charge < -0.3 is 9.84 Å². The van der Waals surface area contributed by atoms with Gasteiger partial charge in [0.25, 0.3) is 0 Å². The highest BCUT2D eigenvalue weighted by molar-refractivity contribution is 9.10. The number of rotatable bonds is 3. The average Bonchev–Trinajstić information content (AvgIpc) is 2.17. The molecule has 0 aliphatic rings. The average molecular weight is 269 g/mol. The molecule has 0 aliphatic heterocycles. The summed E-state index contributed by atoms with van der Waals surface area (Å²) in [4.78, 5) is 10.9. The lowest BCUT2D eigenvalue weighted by atomic mass is 10.2. The second-order valence-corrected chi connectivity index (χ2v) is 3.79. The standard InChI is InChI=1S/C11H9BrO3/c1-3-7(2)15-10-6-8(12)4-5-9(10)11(13)14/h1,4-7H,2H3,(H,13,14). The predicted octanol–water partition coefficient (Wildman–Crippen LogP) is 2.55. The topological polar surface area (TPSA) is 46.5 Å². The van der Waals surface area contributed by atoms with Crippen LogP contribution in [-0.4, -0.2) is 17.2 Å². The third kappa shape index (κ3) is 3.00. The molecule has 0 bridgehead atoms. The summed E-state index contributed by atoms with van der Waals surface area (Å²) in [6.07, 6.45) is 4.69. The van der Waals surface area contributed by atoms with E-state index in [0.717, 1.165) is 4.47 Å². The molecule has 78 valence electrons. The van der Waals surface area contributed by atoms with Crippen LogP contribution >= 0.6 is 15.9 Å². The molecule has 0 saturated carbocycles. The number of hydrogen-bond donors (Lipinski definition) is 1. The van der Waals surface area contributed by atoms with Gasteiger partial charge in [0, 0.05) is 4.47 Å². The molecule has 1 aromatic carbocycles. The summed E-state index contributed by atoms with van der Waals surface area (Å²) in [5, 5.41) is 8.90. The molecule has 1 rings (SSSR count). The highest BCUT2D eigenvalue weighted by Crippen LogP contribution is 2.24. The second-order valence-electron chi connectivity index (χ2n) is 2.87. The first kappa shape index (κ1) is 11.6. The van der Waals surface area contributed by atoms with Crippen molar-refractivity contribution in [3.63, 3.8) is 0 Å². The van der Waals surface area contributed by atoms with Crippen LogP contribution in [0.15, 0.2) is 22.7 Å². The Morgan fingerprint density at radius 1 is 1.67 bits per heavy atom. The minimum absolute atomic E-state index is 0.0975. The van der Waals surface area contributed by atoms with E-state index in [2.05, 4.69) is 21.9 Å². The minimum atomic E-state index is -1.04. The van der Waals surface area contributed by atoms with E-state index in [1.54, 1.807) is 19.1 Å². The van der Waals surface area contributed by atoms with Crippen LogP contribution in [-0.2, 0) is 0 Å². The maximum absolute atomic E-state index is 10.9. The van der Waals surface area contributed by atoms with Gasteiger partial charge in [-0.2, -0.15) is 0 Å². The third-order valence-corrected chi connectivity index (χ3v) is 2.21. The maximum atomic E-state index is 10.9. The number of aromatic carboxylic acids is 1. The van der Waals surface area contributed by atoms with Gasteiger partial charge in [-0.15, -0.1) is 6.42 Å². The van der Waals surface area contributed by atoms with Gasteiger partial charge in [0.2, 0.25) is 0 Å². The lowest BCUT2D eigenvalue weighted by molar-refractivity contribution is 0.0691. The molecule has 0 saturated heterocycles. The summed E-state index contributed by atoms with van der Waals surface area (Å²) in [6.45, 7) is 1.67. The van der Waals surface area contributed by atoms with E-state index in [4.69, 9.17) is 16.3 Å². The predicted molar refractivity (Wildman–Crippen MR) is 60.0 cm³/mol. The van der Waals surface area contributed by atoms with Crippen molar-refractivity contribution in [1.29, 1.82) is 0 Å². The van der Waals surface area contributed by atoms with Gasteiger partial charge in [-0.05, 0) is 25.1 Å². The molecule has 0 fully saturated rings. The molecule has 0 heterocycles. The Morgan fingerprint density at radius 2 is 2.33 bits per heavy atom. The monoisotopic (exact) mass is 268 g/mol. The van der Waals surface area contributed by atoms with Crippen LogP contribution in [0.25, 0.3) is 0 Å². The van der Waals surface area contributed by atoms with E-state index in [-0.39, 0.29) is 11.3 Å². The zero-order valence-corrected chi connectivity index (χ0v) is 9.61. The molecular formula is C11H9BrO3. The number of benzene rings is 1. The van der Waals surface area contributed by atoms with E-state index in [9.17, 15) is 4.79 Å². The number of terminal acetylenes is 1. The first-order valence-corrected chi connectivity index (χ1v) is 4.99. The van der Waals surface area contributed by atoms with Crippen LogP contribution in [0.1, 0.15) is 17.3 Å². The van der Waals surface area contributed by atoms with Gasteiger partial charge in [0.05, 0.1) is 0 Å². The van der Waals surface area contributed by atoms with E-state index < -0.39 is 12.1 Å². The first-order valence-electron chi connectivity index (χ1n) is 4.20. The molecule has 0 radical (unpaired) electrons. The van der Waals surface area contributed by atoms with Crippen molar-refractivity contribution < 1.29 is 14.6 Å². The SMILES string of the molecule is C#CC(C)Oc1cc(Br)ccc1C(=O)O. The largest absolute Gasteiger partial charge is 0.478 e. The van der Waals surface area contributed by atoms with E-state index in [1.165, 1.54) is 6.07 Å². The zero-order chi connectivity index (χ0) is 11.4. The van der Waals surface area contributed by atoms with E-state index in [0.29, 0.717) is 0 Å². The Bertz CT molecular complexity index is 420. The molecule has 0 amide bonds. The Kier molecular flexibility index (Phi) is 3.75. The van der Waals surface area contributed by atoms with Gasteiger partial charge in [-0.25, -0.2) is 4.79 Å². The molecule has 1 N–H and O–H groups in total. The molecule has 0 spiro atoms. The molecule has 1 aromatic rings. The number of hydrogen-bond acceptors (Lipinski definition) is 2. The van der Waals surface area contributed by atoms with Gasteiger partial charge in [0.1, 0.15) is 11.3 Å². The number of carboxylic acids is 1. The Morgan fingerprint density at radius 3 is 2.87 bits per heavy atom. The van der Waals surface area contributed by atoms with Gasteiger partial charge in [-0.1, -0.05) is 21.9 Å². The lowest BCUT2D eigenvalue weighted by Crippen LogP contribution is -2.11. The molecule has 0 aliphatic carbocycles. The second kappa shape index (κ2) is 4.85. The van der Waals surface area contributed by atoms with Crippen LogP contribution in [0.2, 0.25) is 0 Å². The van der Waals surface area contributed by atoms with Crippen molar-refractivity contribution >= 4 is 21.9 Å². The highest BCUT2D eigenvalue weighted by atomic mass is 79.9. The Hall–Kier alpha value is -1.47. The first-order chi connectivity index (χ1) is 7.04. The van der Waals surface area contributed by atoms with E-state index >= 15 is 0 Å². The fraction of sp³-hybridized carbons (Fsp3) is 0.182. The van der Waals surface area contributed by atoms with Crippen LogP contribution in [0.5, 0.6) is 5.75 Å². The molecule has 0 aromatic heterocycles. The fourth-order valence-corrected chi connectivity index (χ4v) is 1.33. The molecule has 4 heteroatoms. The minimum Gasteiger partial charge on any atom is -0.478 e. The quantitative estimate of drug-likeness (QED) is 0.858. The summed E-state index contributed by atoms with van der Waals surface area (Å²) in [5.41, 5.74) is 0.0975. The fourth-order valence-electron chi connectivity index (χ4n) is 0.995. The molecule has 15 heavy (non-hydrogen) atoms. The van der Waals surface area contributed by atoms with Crippen molar-refractivity contribution in [2.45, 2.75) is 13.0 Å². The maximum Gasteiger partial charge on any atom is 0.339 e. The molecule has 1 atom stereocenters. The molecular weight excluding hydrogens is 260 g/mol. The van der Waals surface area contributed by atoms with Crippen LogP contribution < -0.4 is 4.74 Å². The lowest BCUT2D eigenvalue weighted by Gasteiger charge is -2.11. The van der Waals surface area contributed by atoms with Gasteiger partial charge in [0.15, 0.2) is 6.10 Å². The van der Waals surface area contributed by atoms with Crippen molar-refractivity contribution in [2.24, 2.45) is 0 Å². The number of carboxylic acid groups (broad SMARTS) is 1. The van der Waals surface area contributed by atoms with Crippen molar-refractivity contribution in [2.75, 3.05) is 0 Å². The van der Waals surface area contributed by atoms with Gasteiger partial charge >= 0.3 is 5.97 Å². The summed E-state index contributed by atoms with van der Waals surface area (Å²) < 4.78 is 6.03. The summed E-state index contributed by atoms with van der Waals surface area (Å²) >= 11 is 3.23. The van der Waals surface area contributed by atoms with Crippen molar-refractivity contribution in [1.82, 2.24) is 0 Å². The van der Waals surface area contributed by atoms with Crippen LogP contribution in [0, 0.1) is 12.3 Å². The van der Waals surface area contributed by atoms with E-state index in [1.807, 2.05) is 0 Å². The zero-order valence-electron chi connectivity index (χ0n) is 8.03. The van der Waals surface area contributed by atoms with Crippen molar-refractivity contribution in [3.05, 3.63) is 28.2 Å². The molecule has 3 nitrogen and oxygen atoms in total. The Labute approximate surface area is 96.2 Å². The normalized spacial score (nSPS) is 11.5. The smallest absolute Gasteiger partial charge is 0.339 e. The number of ether oxygens (including phenoxy) is 1. The Balaban J connectivity index is 3.08. The van der Waals surface area contributed by atoms with Gasteiger partial charge in [-0.3, -0.25) is 0 Å². The summed E-state index contributed by atoms with van der Waals surface area (Å²) in [5.74, 6) is 1.59. The van der Waals surface area contributed by atoms with Crippen LogP contribution in [0.4, 0.5) is 0 Å². The highest BCUT2D eigenvalue weighted by Gasteiger charge is 2.13.